The quantitative estimate of drug-likeness (QED) is 0.227. The van der Waals surface area contributed by atoms with Gasteiger partial charge in [-0.25, -0.2) is 9.79 Å². The summed E-state index contributed by atoms with van der Waals surface area (Å²) in [4.78, 5) is 32.8. The van der Waals surface area contributed by atoms with Crippen LogP contribution in [0.15, 0.2) is 81.7 Å². The molecule has 5 rings (SSSR count). The largest absolute Gasteiger partial charge is 0.497 e. The maximum atomic E-state index is 14.2. The average molecular weight is 644 g/mol. The first-order valence-corrected chi connectivity index (χ1v) is 15.2. The molecule has 0 amide bonds. The topological polar surface area (TPSA) is 112 Å². The number of benzene rings is 3. The molecular weight excluding hydrogens is 614 g/mol. The van der Waals surface area contributed by atoms with Crippen LogP contribution in [0.5, 0.6) is 17.2 Å². The van der Waals surface area contributed by atoms with Gasteiger partial charge in [-0.3, -0.25) is 9.36 Å². The summed E-state index contributed by atoms with van der Waals surface area (Å²) in [5.74, 6) is 0.928. The smallest absolute Gasteiger partial charge is 0.338 e. The van der Waals surface area contributed by atoms with Crippen LogP contribution in [0.3, 0.4) is 0 Å². The second-order valence-electron chi connectivity index (χ2n) is 10.4. The predicted molar refractivity (Wildman–Crippen MR) is 171 cm³/mol. The summed E-state index contributed by atoms with van der Waals surface area (Å²) in [6.45, 7) is 5.48. The van der Waals surface area contributed by atoms with Crippen molar-refractivity contribution in [3.63, 3.8) is 0 Å². The summed E-state index contributed by atoms with van der Waals surface area (Å²) >= 11 is 7.55. The number of nitriles is 1. The van der Waals surface area contributed by atoms with Crippen molar-refractivity contribution in [2.75, 3.05) is 14.2 Å². The Morgan fingerprint density at radius 1 is 1.09 bits per heavy atom. The number of nitrogens with zero attached hydrogens (tertiary/aromatic N) is 3. The molecule has 2 heterocycles. The van der Waals surface area contributed by atoms with Crippen LogP contribution in [0.2, 0.25) is 5.02 Å². The van der Waals surface area contributed by atoms with Crippen molar-refractivity contribution in [2.45, 2.75) is 39.5 Å². The number of methoxy groups -OCH3 is 2. The molecule has 1 aliphatic rings. The zero-order valence-corrected chi connectivity index (χ0v) is 26.9. The third-order valence-corrected chi connectivity index (χ3v) is 8.27. The van der Waals surface area contributed by atoms with Crippen molar-refractivity contribution in [3.05, 3.63) is 119 Å². The first-order chi connectivity index (χ1) is 21.6. The van der Waals surface area contributed by atoms with E-state index in [0.29, 0.717) is 54.0 Å². The van der Waals surface area contributed by atoms with Gasteiger partial charge in [-0.2, -0.15) is 5.26 Å². The fraction of sp³-hybridized carbons (Fsp3) is 0.235. The molecule has 0 spiro atoms. The van der Waals surface area contributed by atoms with Crippen LogP contribution in [0.4, 0.5) is 0 Å². The molecule has 4 aromatic rings. The van der Waals surface area contributed by atoms with E-state index in [2.05, 4.69) is 11.1 Å². The van der Waals surface area contributed by atoms with E-state index in [1.807, 2.05) is 12.1 Å². The number of allylic oxidation sites excluding steroid dienone is 1. The molecule has 1 aliphatic heterocycles. The zero-order chi connectivity index (χ0) is 32.2. The molecule has 0 saturated carbocycles. The second-order valence-corrected chi connectivity index (χ2v) is 11.9. The monoisotopic (exact) mass is 643 g/mol. The molecule has 45 heavy (non-hydrogen) atoms. The van der Waals surface area contributed by atoms with E-state index < -0.39 is 12.0 Å². The lowest BCUT2D eigenvalue weighted by Gasteiger charge is -2.26. The Bertz CT molecular complexity index is 2020. The molecule has 1 aromatic heterocycles. The lowest BCUT2D eigenvalue weighted by atomic mass is 9.94. The molecule has 9 nitrogen and oxygen atoms in total. The maximum absolute atomic E-state index is 14.2. The first kappa shape index (κ1) is 31.6. The molecule has 0 bridgehead atoms. The normalized spacial score (nSPS) is 14.4. The van der Waals surface area contributed by atoms with Crippen LogP contribution in [-0.4, -0.2) is 30.9 Å². The van der Waals surface area contributed by atoms with Gasteiger partial charge in [0.05, 0.1) is 47.8 Å². The Balaban J connectivity index is 1.65. The fourth-order valence-electron chi connectivity index (χ4n) is 4.95. The van der Waals surface area contributed by atoms with E-state index >= 15 is 0 Å². The summed E-state index contributed by atoms with van der Waals surface area (Å²) in [6.07, 6.45) is 1.32. The van der Waals surface area contributed by atoms with Crippen molar-refractivity contribution >= 4 is 35.0 Å². The third kappa shape index (κ3) is 6.65. The van der Waals surface area contributed by atoms with E-state index in [4.69, 9.17) is 35.8 Å². The van der Waals surface area contributed by atoms with E-state index in [1.54, 1.807) is 75.4 Å². The number of rotatable bonds is 9. The Morgan fingerprint density at radius 3 is 2.49 bits per heavy atom. The molecule has 11 heteroatoms. The number of aromatic nitrogens is 1. The lowest BCUT2D eigenvalue weighted by molar-refractivity contribution is -0.143. The highest BCUT2D eigenvalue weighted by Crippen LogP contribution is 2.38. The first-order valence-electron chi connectivity index (χ1n) is 14.0. The van der Waals surface area contributed by atoms with E-state index in [9.17, 15) is 9.59 Å². The number of fused-ring (bicyclic) bond motifs is 1. The number of hydrogen-bond acceptors (Lipinski definition) is 9. The van der Waals surface area contributed by atoms with E-state index in [0.717, 1.165) is 5.56 Å². The van der Waals surface area contributed by atoms with Crippen LogP contribution in [0.25, 0.3) is 6.08 Å². The lowest BCUT2D eigenvalue weighted by Crippen LogP contribution is -2.40. The van der Waals surface area contributed by atoms with Crippen LogP contribution in [-0.2, 0) is 16.1 Å². The number of esters is 1. The number of carbonyl (C=O) groups excluding carboxylic acids is 1. The average Bonchev–Trinajstić information content (AvgIpc) is 3.33. The van der Waals surface area contributed by atoms with Crippen LogP contribution < -0.4 is 29.1 Å². The van der Waals surface area contributed by atoms with Gasteiger partial charge < -0.3 is 18.9 Å². The number of halogens is 1. The van der Waals surface area contributed by atoms with Gasteiger partial charge >= 0.3 is 5.97 Å². The standard InChI is InChI=1S/C34H30ClN3O6S/c1-19(2)44-33(40)30-20(3)37-34-38(31(30)26-16-25(41-4)11-13-28(26)42-5)32(39)29(45-34)15-23-14-24(35)10-12-27(23)43-18-22-8-6-21(17-36)7-9-22/h6-16,19,31H,18H2,1-5H3/b29-15-/t31-/m0/s1. The van der Waals surface area contributed by atoms with Gasteiger partial charge in [-0.05, 0) is 80.9 Å². The SMILES string of the molecule is COc1ccc(OC)c([C@H]2C(C(=O)OC(C)C)=C(C)N=c3s/c(=C\c4cc(Cl)ccc4OCc4ccc(C#N)cc4)c(=O)n32)c1. The van der Waals surface area contributed by atoms with Gasteiger partial charge in [0.1, 0.15) is 29.9 Å². The number of carbonyl (C=O) groups is 1. The predicted octanol–water partition coefficient (Wildman–Crippen LogP) is 5.31. The summed E-state index contributed by atoms with van der Waals surface area (Å²) in [7, 11) is 3.06. The minimum absolute atomic E-state index is 0.225. The second kappa shape index (κ2) is 13.4. The fourth-order valence-corrected chi connectivity index (χ4v) is 6.17. The van der Waals surface area contributed by atoms with Gasteiger partial charge in [0.15, 0.2) is 4.80 Å². The van der Waals surface area contributed by atoms with Crippen molar-refractivity contribution in [2.24, 2.45) is 4.99 Å². The molecular formula is C34H30ClN3O6S. The number of ether oxygens (including phenoxy) is 4. The van der Waals surface area contributed by atoms with Gasteiger partial charge in [0, 0.05) is 16.1 Å². The number of thiazole rings is 1. The van der Waals surface area contributed by atoms with E-state index in [1.165, 1.54) is 30.1 Å². The molecule has 0 aliphatic carbocycles. The van der Waals surface area contributed by atoms with Crippen molar-refractivity contribution in [1.82, 2.24) is 4.57 Å². The van der Waals surface area contributed by atoms with Crippen LogP contribution >= 0.6 is 22.9 Å². The molecule has 3 aromatic carbocycles. The molecule has 230 valence electrons. The van der Waals surface area contributed by atoms with Gasteiger partial charge in [-0.1, -0.05) is 35.1 Å². The molecule has 0 radical (unpaired) electrons. The van der Waals surface area contributed by atoms with Crippen LogP contribution in [0.1, 0.15) is 49.1 Å². The van der Waals surface area contributed by atoms with Crippen molar-refractivity contribution in [1.29, 1.82) is 5.26 Å². The molecule has 0 saturated heterocycles. The van der Waals surface area contributed by atoms with Gasteiger partial charge in [0.2, 0.25) is 0 Å². The minimum Gasteiger partial charge on any atom is -0.497 e. The van der Waals surface area contributed by atoms with Gasteiger partial charge in [0.25, 0.3) is 5.56 Å². The van der Waals surface area contributed by atoms with Crippen molar-refractivity contribution in [3.8, 4) is 23.3 Å². The molecule has 0 fully saturated rings. The van der Waals surface area contributed by atoms with Crippen molar-refractivity contribution < 1.29 is 23.7 Å². The molecule has 0 N–H and O–H groups in total. The van der Waals surface area contributed by atoms with Gasteiger partial charge in [-0.15, -0.1) is 0 Å². The van der Waals surface area contributed by atoms with Crippen LogP contribution in [0, 0.1) is 11.3 Å². The maximum Gasteiger partial charge on any atom is 0.338 e. The summed E-state index contributed by atoms with van der Waals surface area (Å²) in [5, 5.41) is 9.54. The summed E-state index contributed by atoms with van der Waals surface area (Å²) in [6, 6.07) is 18.7. The molecule has 1 atom stereocenters. The summed E-state index contributed by atoms with van der Waals surface area (Å²) < 4.78 is 24.7. The number of hydrogen-bond donors (Lipinski definition) is 0. The Labute approximate surface area is 268 Å². The highest BCUT2D eigenvalue weighted by molar-refractivity contribution is 7.07. The Morgan fingerprint density at radius 2 is 1.82 bits per heavy atom. The third-order valence-electron chi connectivity index (χ3n) is 7.05. The Kier molecular flexibility index (Phi) is 9.42. The summed E-state index contributed by atoms with van der Waals surface area (Å²) in [5.41, 5.74) is 2.85. The minimum atomic E-state index is -0.897. The highest BCUT2D eigenvalue weighted by atomic mass is 35.5. The molecule has 0 unspecified atom stereocenters. The highest BCUT2D eigenvalue weighted by Gasteiger charge is 2.35. The Hall–Kier alpha value is -4.85. The van der Waals surface area contributed by atoms with E-state index in [-0.39, 0.29) is 23.8 Å². The zero-order valence-electron chi connectivity index (χ0n) is 25.3.